The molecule has 0 unspecified atom stereocenters. The molecule has 0 atom stereocenters. The van der Waals surface area contributed by atoms with Crippen LogP contribution < -0.4 is 24.8 Å². The van der Waals surface area contributed by atoms with Gasteiger partial charge in [0.2, 0.25) is 0 Å². The quantitative estimate of drug-likeness (QED) is 0.176. The topological polar surface area (TPSA) is 6.48 Å². The average Bonchev–Trinajstić information content (AvgIpc) is 3.88. The van der Waals surface area contributed by atoms with Gasteiger partial charge in [0.1, 0.15) is 0 Å². The highest BCUT2D eigenvalue weighted by atomic mass is 32.1. The Morgan fingerprint density at radius 1 is 0.479 bits per heavy atom. The van der Waals surface area contributed by atoms with E-state index in [1.54, 1.807) is 0 Å². The van der Waals surface area contributed by atoms with Gasteiger partial charge in [0, 0.05) is 52.5 Å². The summed E-state index contributed by atoms with van der Waals surface area (Å²) >= 11 is 3.93. The lowest BCUT2D eigenvalue weighted by molar-refractivity contribution is 0.912. The van der Waals surface area contributed by atoms with Crippen molar-refractivity contribution in [2.75, 3.05) is 9.80 Å². The highest BCUT2D eigenvalue weighted by Crippen LogP contribution is 2.50. The van der Waals surface area contributed by atoms with Gasteiger partial charge in [-0.25, -0.2) is 0 Å². The van der Waals surface area contributed by atoms with Crippen molar-refractivity contribution >= 4 is 98.7 Å². The van der Waals surface area contributed by atoms with Crippen LogP contribution in [-0.2, 0) is 12.8 Å². The van der Waals surface area contributed by atoms with E-state index in [0.717, 1.165) is 0 Å². The molecule has 2 aliphatic heterocycles. The molecule has 226 valence electrons. The van der Waals surface area contributed by atoms with Crippen molar-refractivity contribution in [3.63, 3.8) is 0 Å². The maximum atomic E-state index is 2.55. The second kappa shape index (κ2) is 10.2. The Bertz CT molecular complexity index is 2570. The maximum Gasteiger partial charge on any atom is 0.277 e. The molecule has 48 heavy (non-hydrogen) atoms. The first-order valence-corrected chi connectivity index (χ1v) is 18.5. The van der Waals surface area contributed by atoms with E-state index < -0.39 is 0 Å². The van der Waals surface area contributed by atoms with E-state index in [0.29, 0.717) is 0 Å². The van der Waals surface area contributed by atoms with Gasteiger partial charge < -0.3 is 9.80 Å². The van der Waals surface area contributed by atoms with Crippen molar-refractivity contribution in [3.8, 4) is 11.1 Å². The van der Waals surface area contributed by atoms with Crippen molar-refractivity contribution in [1.29, 1.82) is 0 Å². The second-order valence-corrected chi connectivity index (χ2v) is 15.3. The summed E-state index contributed by atoms with van der Waals surface area (Å²) in [5, 5.41) is 2.65. The van der Waals surface area contributed by atoms with Gasteiger partial charge in [-0.2, -0.15) is 0 Å². The second-order valence-electron chi connectivity index (χ2n) is 13.2. The van der Waals surface area contributed by atoms with Crippen LogP contribution in [0.2, 0.25) is 0 Å². The standard InChI is InChI=1S/C43H29BN2S2/c1-2-12-31(13-3-1)45-35-16-9-17-36-39(35)44(42-40(45)33-14-4-6-18-37(33)47-42)43-41(34-15-5-7-19-38(34)48-43)46(36)32-24-22-28(23-25-32)30-21-20-27-10-8-11-29(27)26-30/h1-7,9,12-26H,8,10-11H2. The van der Waals surface area contributed by atoms with Gasteiger partial charge in [-0.15, -0.1) is 22.7 Å². The van der Waals surface area contributed by atoms with Crippen LogP contribution in [-0.4, -0.2) is 6.71 Å². The third-order valence-corrected chi connectivity index (χ3v) is 13.0. The van der Waals surface area contributed by atoms with Crippen molar-refractivity contribution in [2.45, 2.75) is 19.3 Å². The summed E-state index contributed by atoms with van der Waals surface area (Å²) in [4.78, 5) is 5.08. The largest absolute Gasteiger partial charge is 0.310 e. The molecule has 0 saturated carbocycles. The molecular weight excluding hydrogens is 619 g/mol. The highest BCUT2D eigenvalue weighted by Gasteiger charge is 2.46. The molecule has 2 aromatic heterocycles. The van der Waals surface area contributed by atoms with Crippen LogP contribution in [0.3, 0.4) is 0 Å². The van der Waals surface area contributed by atoms with Gasteiger partial charge in [-0.1, -0.05) is 91.0 Å². The molecule has 0 radical (unpaired) electrons. The molecule has 8 aromatic rings. The Kier molecular flexibility index (Phi) is 5.72. The molecule has 6 aromatic carbocycles. The Morgan fingerprint density at radius 2 is 1.04 bits per heavy atom. The third kappa shape index (κ3) is 3.74. The van der Waals surface area contributed by atoms with Crippen LogP contribution in [0.4, 0.5) is 34.1 Å². The number of fused-ring (bicyclic) bond motifs is 9. The lowest BCUT2D eigenvalue weighted by atomic mass is 9.39. The average molecular weight is 649 g/mol. The van der Waals surface area contributed by atoms with E-state index in [2.05, 4.69) is 149 Å². The number of thiophene rings is 2. The van der Waals surface area contributed by atoms with E-state index in [1.807, 2.05) is 22.7 Å². The first-order chi connectivity index (χ1) is 23.8. The van der Waals surface area contributed by atoms with Crippen LogP contribution >= 0.6 is 22.7 Å². The van der Waals surface area contributed by atoms with Gasteiger partial charge in [-0.05, 0) is 95.5 Å². The first-order valence-electron chi connectivity index (χ1n) is 16.9. The lowest BCUT2D eigenvalue weighted by Crippen LogP contribution is -2.59. The van der Waals surface area contributed by atoms with Crippen LogP contribution in [0, 0.1) is 0 Å². The molecule has 11 rings (SSSR count). The number of hydrogen-bond donors (Lipinski definition) is 0. The first kappa shape index (κ1) is 26.9. The van der Waals surface area contributed by atoms with Gasteiger partial charge in [0.15, 0.2) is 0 Å². The fourth-order valence-corrected chi connectivity index (χ4v) is 11.2. The fraction of sp³-hybridized carbons (Fsp3) is 0.0698. The van der Waals surface area contributed by atoms with Crippen molar-refractivity contribution in [2.24, 2.45) is 0 Å². The predicted molar refractivity (Wildman–Crippen MR) is 209 cm³/mol. The van der Waals surface area contributed by atoms with Gasteiger partial charge in [-0.3, -0.25) is 0 Å². The van der Waals surface area contributed by atoms with Crippen molar-refractivity contribution in [3.05, 3.63) is 151 Å². The molecule has 0 saturated heterocycles. The highest BCUT2D eigenvalue weighted by molar-refractivity contribution is 7.40. The summed E-state index contributed by atoms with van der Waals surface area (Å²) in [6.45, 7) is 0.165. The number of benzene rings is 6. The van der Waals surface area contributed by atoms with Crippen molar-refractivity contribution < 1.29 is 0 Å². The number of rotatable bonds is 3. The fourth-order valence-electron chi connectivity index (χ4n) is 8.47. The minimum absolute atomic E-state index is 0.165. The van der Waals surface area contributed by atoms with E-state index in [9.17, 15) is 0 Å². The maximum absolute atomic E-state index is 2.55. The lowest BCUT2D eigenvalue weighted by Gasteiger charge is -2.42. The summed E-state index contributed by atoms with van der Waals surface area (Å²) < 4.78 is 5.54. The summed E-state index contributed by atoms with van der Waals surface area (Å²) in [6.07, 6.45) is 3.69. The van der Waals surface area contributed by atoms with E-state index in [1.165, 1.54) is 111 Å². The van der Waals surface area contributed by atoms with E-state index >= 15 is 0 Å². The summed E-state index contributed by atoms with van der Waals surface area (Å²) in [5.74, 6) is 0. The Hall–Kier alpha value is -5.10. The number of anilines is 6. The number of hydrogen-bond acceptors (Lipinski definition) is 4. The Morgan fingerprint density at radius 3 is 1.71 bits per heavy atom. The molecule has 4 heterocycles. The van der Waals surface area contributed by atoms with Crippen LogP contribution in [0.25, 0.3) is 31.3 Å². The summed E-state index contributed by atoms with van der Waals surface area (Å²) in [5.41, 5.74) is 14.6. The predicted octanol–water partition coefficient (Wildman–Crippen LogP) is 10.4. The molecule has 1 aliphatic carbocycles. The van der Waals surface area contributed by atoms with Crippen LogP contribution in [0.5, 0.6) is 0 Å². The molecule has 0 N–H and O–H groups in total. The summed E-state index contributed by atoms with van der Waals surface area (Å²) in [6, 6.07) is 52.2. The van der Waals surface area contributed by atoms with Gasteiger partial charge >= 0.3 is 0 Å². The molecule has 0 bridgehead atoms. The Labute approximate surface area is 288 Å². The number of aryl methyl sites for hydroxylation is 2. The monoisotopic (exact) mass is 648 g/mol. The minimum Gasteiger partial charge on any atom is -0.310 e. The smallest absolute Gasteiger partial charge is 0.277 e. The minimum atomic E-state index is 0.165. The molecule has 0 amide bonds. The van der Waals surface area contributed by atoms with Crippen LogP contribution in [0.15, 0.2) is 140 Å². The Balaban J connectivity index is 1.17. The van der Waals surface area contributed by atoms with Crippen LogP contribution in [0.1, 0.15) is 17.5 Å². The normalized spacial score (nSPS) is 14.3. The zero-order valence-corrected chi connectivity index (χ0v) is 27.8. The third-order valence-electron chi connectivity index (χ3n) is 10.6. The molecule has 0 spiro atoms. The van der Waals surface area contributed by atoms with E-state index in [-0.39, 0.29) is 6.71 Å². The number of para-hydroxylation sites is 1. The molecule has 2 nitrogen and oxygen atoms in total. The molecule has 3 aliphatic rings. The molecule has 5 heteroatoms. The zero-order valence-electron chi connectivity index (χ0n) is 26.2. The van der Waals surface area contributed by atoms with Crippen molar-refractivity contribution in [1.82, 2.24) is 0 Å². The summed E-state index contributed by atoms with van der Waals surface area (Å²) in [7, 11) is 0. The zero-order chi connectivity index (χ0) is 31.3. The molecular formula is C43H29BN2S2. The van der Waals surface area contributed by atoms with Gasteiger partial charge in [0.25, 0.3) is 6.71 Å². The molecule has 0 fully saturated rings. The SMILES string of the molecule is c1ccc(N2c3cccc4c3B(c3sc5ccccc5c32)c2sc3ccccc3c2N4c2ccc(-c3ccc4c(c3)CCC4)cc2)cc1. The van der Waals surface area contributed by atoms with E-state index in [4.69, 9.17) is 0 Å². The van der Waals surface area contributed by atoms with Gasteiger partial charge in [0.05, 0.1) is 11.4 Å². The number of nitrogens with zero attached hydrogens (tertiary/aromatic N) is 2.